The summed E-state index contributed by atoms with van der Waals surface area (Å²) in [5.74, 6) is 5.18. The van der Waals surface area contributed by atoms with Crippen LogP contribution in [0.25, 0.3) is 0 Å². The molecule has 0 bridgehead atoms. The number of hydrogen-bond donors (Lipinski definition) is 3. The molecule has 0 radical (unpaired) electrons. The van der Waals surface area contributed by atoms with Crippen LogP contribution < -0.4 is 16.6 Å². The Balaban J connectivity index is 2.13. The molecule has 4 N–H and O–H groups in total. The number of anilines is 1. The number of benzene rings is 1. The zero-order valence-corrected chi connectivity index (χ0v) is 10.2. The van der Waals surface area contributed by atoms with Crippen molar-refractivity contribution in [2.75, 3.05) is 5.43 Å². The Hall–Kier alpha value is -2.94. The van der Waals surface area contributed by atoms with E-state index in [0.29, 0.717) is 5.76 Å². The van der Waals surface area contributed by atoms with Crippen molar-refractivity contribution in [3.63, 3.8) is 0 Å². The number of carbonyl (C=O) groups is 1. The number of carbonyl (C=O) groups excluding carboxylic acids is 1. The molecular weight excluding hydrogens is 266 g/mol. The molecule has 104 valence electrons. The number of rotatable bonds is 5. The molecule has 2 rings (SSSR count). The summed E-state index contributed by atoms with van der Waals surface area (Å²) in [6, 6.07) is 5.54. The molecule has 0 aliphatic carbocycles. The van der Waals surface area contributed by atoms with Crippen LogP contribution >= 0.6 is 0 Å². The Morgan fingerprint density at radius 1 is 1.45 bits per heavy atom. The van der Waals surface area contributed by atoms with Crippen LogP contribution in [0.3, 0.4) is 0 Å². The van der Waals surface area contributed by atoms with Gasteiger partial charge < -0.3 is 15.3 Å². The molecule has 0 aliphatic heterocycles. The van der Waals surface area contributed by atoms with Crippen LogP contribution in [0, 0.1) is 10.1 Å². The number of nitrogens with one attached hydrogen (secondary N) is 2. The predicted octanol–water partition coefficient (Wildman–Crippen LogP) is 0.798. The van der Waals surface area contributed by atoms with E-state index in [9.17, 15) is 14.9 Å². The van der Waals surface area contributed by atoms with Crippen molar-refractivity contribution >= 4 is 17.3 Å². The van der Waals surface area contributed by atoms with Crippen LogP contribution in [-0.4, -0.2) is 16.0 Å². The molecule has 0 unspecified atom stereocenters. The molecule has 1 amide bonds. The average molecular weight is 277 g/mol. The van der Waals surface area contributed by atoms with Gasteiger partial charge in [0, 0.05) is 17.7 Å². The summed E-state index contributed by atoms with van der Waals surface area (Å²) in [5.41, 5.74) is 2.20. The van der Waals surface area contributed by atoms with Gasteiger partial charge in [0.05, 0.1) is 17.7 Å². The predicted molar refractivity (Wildman–Crippen MR) is 68.6 cm³/mol. The van der Waals surface area contributed by atoms with Crippen LogP contribution in [0.15, 0.2) is 35.0 Å². The highest BCUT2D eigenvalue weighted by Crippen LogP contribution is 2.24. The fourth-order valence-electron chi connectivity index (χ4n) is 1.55. The van der Waals surface area contributed by atoms with E-state index in [-0.39, 0.29) is 23.5 Å². The smallest absolute Gasteiger partial charge is 0.294 e. The molecule has 1 aromatic carbocycles. The Labute approximate surface area is 112 Å². The summed E-state index contributed by atoms with van der Waals surface area (Å²) in [6.07, 6.45) is 1.45. The Kier molecular flexibility index (Phi) is 3.91. The first-order valence-electron chi connectivity index (χ1n) is 5.54. The number of nitrogens with zero attached hydrogens (tertiary/aromatic N) is 2. The molecule has 0 atom stereocenters. The van der Waals surface area contributed by atoms with Crippen LogP contribution in [0.5, 0.6) is 0 Å². The molecule has 0 saturated heterocycles. The maximum Gasteiger partial charge on any atom is 0.294 e. The number of nitrogens with two attached hydrogens (primary N) is 1. The van der Waals surface area contributed by atoms with Gasteiger partial charge in [-0.25, -0.2) is 0 Å². The topological polar surface area (TPSA) is 136 Å². The van der Waals surface area contributed by atoms with Gasteiger partial charge in [-0.15, -0.1) is 0 Å². The fourth-order valence-corrected chi connectivity index (χ4v) is 1.55. The molecule has 2 aromatic rings. The second-order valence-electron chi connectivity index (χ2n) is 3.79. The second kappa shape index (κ2) is 5.80. The van der Waals surface area contributed by atoms with Crippen molar-refractivity contribution in [2.45, 2.75) is 6.54 Å². The number of nitro benzene ring substituents is 1. The maximum atomic E-state index is 11.9. The van der Waals surface area contributed by atoms with Gasteiger partial charge in [0.15, 0.2) is 5.76 Å². The van der Waals surface area contributed by atoms with Crippen molar-refractivity contribution in [3.8, 4) is 0 Å². The van der Waals surface area contributed by atoms with Gasteiger partial charge in [-0.3, -0.25) is 20.8 Å². The normalized spacial score (nSPS) is 10.1. The standard InChI is InChI=1S/C11H11N5O4/c12-15-9-2-1-7(5-10(9)16(18)19)11(17)13-6-8-3-4-14-20-8/h1-5,15H,6,12H2,(H,13,17). The Morgan fingerprint density at radius 3 is 2.85 bits per heavy atom. The van der Waals surface area contributed by atoms with Gasteiger partial charge >= 0.3 is 0 Å². The van der Waals surface area contributed by atoms with E-state index in [0.717, 1.165) is 6.07 Å². The van der Waals surface area contributed by atoms with E-state index in [4.69, 9.17) is 10.4 Å². The zero-order valence-electron chi connectivity index (χ0n) is 10.2. The molecule has 0 saturated carbocycles. The summed E-state index contributed by atoms with van der Waals surface area (Å²) in [7, 11) is 0. The van der Waals surface area contributed by atoms with Crippen LogP contribution in [0.4, 0.5) is 11.4 Å². The summed E-state index contributed by atoms with van der Waals surface area (Å²) in [5, 5.41) is 16.9. The minimum Gasteiger partial charge on any atom is -0.360 e. The first kappa shape index (κ1) is 13.5. The quantitative estimate of drug-likeness (QED) is 0.417. The summed E-state index contributed by atoms with van der Waals surface area (Å²) in [4.78, 5) is 22.1. The monoisotopic (exact) mass is 277 g/mol. The number of hydrazine groups is 1. The molecule has 9 heteroatoms. The van der Waals surface area contributed by atoms with Crippen LogP contribution in [0.1, 0.15) is 16.1 Å². The van der Waals surface area contributed by atoms with Crippen molar-refractivity contribution in [1.82, 2.24) is 10.5 Å². The minimum atomic E-state index is -0.623. The lowest BCUT2D eigenvalue weighted by atomic mass is 10.1. The Morgan fingerprint density at radius 2 is 2.25 bits per heavy atom. The number of nitro groups is 1. The van der Waals surface area contributed by atoms with E-state index < -0.39 is 10.8 Å². The third-order valence-corrected chi connectivity index (χ3v) is 2.53. The largest absolute Gasteiger partial charge is 0.360 e. The molecule has 0 aliphatic rings. The highest BCUT2D eigenvalue weighted by atomic mass is 16.6. The zero-order chi connectivity index (χ0) is 14.5. The molecule has 1 heterocycles. The van der Waals surface area contributed by atoms with Crippen molar-refractivity contribution in [2.24, 2.45) is 5.84 Å². The SMILES string of the molecule is NNc1ccc(C(=O)NCc2ccno2)cc1[N+](=O)[O-]. The lowest BCUT2D eigenvalue weighted by Crippen LogP contribution is -2.22. The third-order valence-electron chi connectivity index (χ3n) is 2.53. The average Bonchev–Trinajstić information content (AvgIpc) is 2.97. The molecule has 0 fully saturated rings. The van der Waals surface area contributed by atoms with E-state index in [1.54, 1.807) is 6.07 Å². The van der Waals surface area contributed by atoms with Crippen molar-refractivity contribution in [1.29, 1.82) is 0 Å². The van der Waals surface area contributed by atoms with Gasteiger partial charge in [0.25, 0.3) is 11.6 Å². The molecule has 1 aromatic heterocycles. The molecule has 0 spiro atoms. The van der Waals surface area contributed by atoms with Gasteiger partial charge in [0.1, 0.15) is 5.69 Å². The Bertz CT molecular complexity index is 626. The third kappa shape index (κ3) is 2.90. The maximum absolute atomic E-state index is 11.9. The van der Waals surface area contributed by atoms with Gasteiger partial charge in [0.2, 0.25) is 0 Å². The first-order valence-corrected chi connectivity index (χ1v) is 5.54. The van der Waals surface area contributed by atoms with Crippen molar-refractivity contribution < 1.29 is 14.2 Å². The molecule has 20 heavy (non-hydrogen) atoms. The van der Waals surface area contributed by atoms with Crippen LogP contribution in [-0.2, 0) is 6.54 Å². The molecular formula is C11H11N5O4. The van der Waals surface area contributed by atoms with E-state index in [1.807, 2.05) is 0 Å². The number of nitrogen functional groups attached to an aromatic ring is 1. The number of hydrogen-bond acceptors (Lipinski definition) is 7. The van der Waals surface area contributed by atoms with Gasteiger partial charge in [-0.1, -0.05) is 5.16 Å². The summed E-state index contributed by atoms with van der Waals surface area (Å²) in [6.45, 7) is 0.142. The lowest BCUT2D eigenvalue weighted by Gasteiger charge is -2.05. The van der Waals surface area contributed by atoms with E-state index in [1.165, 1.54) is 18.3 Å². The number of aromatic nitrogens is 1. The van der Waals surface area contributed by atoms with Crippen LogP contribution in [0.2, 0.25) is 0 Å². The van der Waals surface area contributed by atoms with Gasteiger partial charge in [-0.05, 0) is 12.1 Å². The second-order valence-corrected chi connectivity index (χ2v) is 3.79. The highest BCUT2D eigenvalue weighted by Gasteiger charge is 2.17. The fraction of sp³-hybridized carbons (Fsp3) is 0.0909. The van der Waals surface area contributed by atoms with Crippen molar-refractivity contribution in [3.05, 3.63) is 51.9 Å². The van der Waals surface area contributed by atoms with Gasteiger partial charge in [-0.2, -0.15) is 0 Å². The number of amides is 1. The molecule has 9 nitrogen and oxygen atoms in total. The summed E-state index contributed by atoms with van der Waals surface area (Å²) < 4.78 is 4.82. The van der Waals surface area contributed by atoms with E-state index in [2.05, 4.69) is 15.9 Å². The minimum absolute atomic E-state index is 0.127. The summed E-state index contributed by atoms with van der Waals surface area (Å²) >= 11 is 0. The first-order chi connectivity index (χ1) is 9.61. The lowest BCUT2D eigenvalue weighted by molar-refractivity contribution is -0.384. The highest BCUT2D eigenvalue weighted by molar-refractivity contribution is 5.95. The van der Waals surface area contributed by atoms with E-state index >= 15 is 0 Å².